The summed E-state index contributed by atoms with van der Waals surface area (Å²) in [4.78, 5) is 10.7. The summed E-state index contributed by atoms with van der Waals surface area (Å²) in [5, 5.41) is 18.6. The molecule has 1 aliphatic rings. The molecule has 1 rings (SSSR count). The van der Waals surface area contributed by atoms with E-state index in [-0.39, 0.29) is 24.4 Å². The van der Waals surface area contributed by atoms with Crippen molar-refractivity contribution in [2.75, 3.05) is 0 Å². The van der Waals surface area contributed by atoms with Crippen LogP contribution in [0.3, 0.4) is 0 Å². The maximum atomic E-state index is 10.7. The molecule has 0 radical (unpaired) electrons. The van der Waals surface area contributed by atoms with E-state index in [0.717, 1.165) is 25.7 Å². The molecular weight excluding hydrogens is 192 g/mol. The van der Waals surface area contributed by atoms with Gasteiger partial charge in [0.25, 0.3) is 0 Å². The van der Waals surface area contributed by atoms with Crippen molar-refractivity contribution in [1.82, 2.24) is 0 Å². The lowest BCUT2D eigenvalue weighted by atomic mass is 9.86. The van der Waals surface area contributed by atoms with Crippen LogP contribution in [0.4, 0.5) is 0 Å². The molecule has 0 amide bonds. The zero-order chi connectivity index (χ0) is 11.4. The number of aliphatic hydroxyl groups excluding tert-OH is 1. The molecule has 0 saturated heterocycles. The maximum Gasteiger partial charge on any atom is 0.303 e. The van der Waals surface area contributed by atoms with Crippen LogP contribution >= 0.6 is 0 Å². The first-order valence-corrected chi connectivity index (χ1v) is 5.90. The van der Waals surface area contributed by atoms with Crippen molar-refractivity contribution in [3.8, 4) is 0 Å². The van der Waals surface area contributed by atoms with Gasteiger partial charge in [-0.1, -0.05) is 20.3 Å². The summed E-state index contributed by atoms with van der Waals surface area (Å²) in [6.45, 7) is 4.32. The quantitative estimate of drug-likeness (QED) is 0.738. The Morgan fingerprint density at radius 3 is 2.60 bits per heavy atom. The number of hydrogen-bond donors (Lipinski definition) is 2. The van der Waals surface area contributed by atoms with E-state index in [4.69, 9.17) is 5.11 Å². The van der Waals surface area contributed by atoms with E-state index in [1.807, 2.05) is 0 Å². The van der Waals surface area contributed by atoms with Crippen LogP contribution in [0.1, 0.15) is 46.0 Å². The Morgan fingerprint density at radius 2 is 2.07 bits per heavy atom. The molecule has 0 aliphatic heterocycles. The molecule has 0 aromatic rings. The smallest absolute Gasteiger partial charge is 0.303 e. The number of carboxylic acid groups (broad SMARTS) is 1. The first-order valence-electron chi connectivity index (χ1n) is 5.90. The van der Waals surface area contributed by atoms with Gasteiger partial charge in [-0.25, -0.2) is 0 Å². The van der Waals surface area contributed by atoms with E-state index in [2.05, 4.69) is 13.8 Å². The van der Waals surface area contributed by atoms with Crippen LogP contribution in [-0.4, -0.2) is 22.3 Å². The summed E-state index contributed by atoms with van der Waals surface area (Å²) in [7, 11) is 0. The number of carbonyl (C=O) groups is 1. The molecule has 1 saturated carbocycles. The van der Waals surface area contributed by atoms with E-state index >= 15 is 0 Å². The molecule has 0 aromatic carbocycles. The lowest BCUT2D eigenvalue weighted by molar-refractivity contribution is -0.138. The standard InChI is InChI=1S/C12H22O3/c1-8(2)3-5-10-9(7-12(14)15)4-6-11(10)13/h8-11,13H,3-7H2,1-2H3,(H,14,15). The average molecular weight is 214 g/mol. The maximum absolute atomic E-state index is 10.7. The Labute approximate surface area is 91.5 Å². The minimum Gasteiger partial charge on any atom is -0.481 e. The van der Waals surface area contributed by atoms with Crippen LogP contribution < -0.4 is 0 Å². The summed E-state index contributed by atoms with van der Waals surface area (Å²) in [5.41, 5.74) is 0. The predicted octanol–water partition coefficient (Wildman–Crippen LogP) is 2.28. The molecule has 1 aliphatic carbocycles. The minimum absolute atomic E-state index is 0.191. The molecule has 3 unspecified atom stereocenters. The molecule has 15 heavy (non-hydrogen) atoms. The van der Waals surface area contributed by atoms with Gasteiger partial charge in [0, 0.05) is 6.42 Å². The third-order valence-electron chi connectivity index (χ3n) is 3.45. The van der Waals surface area contributed by atoms with Gasteiger partial charge in [-0.2, -0.15) is 0 Å². The Hall–Kier alpha value is -0.570. The van der Waals surface area contributed by atoms with Gasteiger partial charge in [-0.15, -0.1) is 0 Å². The Bertz CT molecular complexity index is 213. The molecule has 0 bridgehead atoms. The zero-order valence-electron chi connectivity index (χ0n) is 9.65. The first-order chi connectivity index (χ1) is 7.00. The molecule has 2 N–H and O–H groups in total. The Balaban J connectivity index is 2.45. The minimum atomic E-state index is -0.733. The molecule has 0 heterocycles. The number of carboxylic acids is 1. The third kappa shape index (κ3) is 3.82. The predicted molar refractivity (Wildman–Crippen MR) is 58.5 cm³/mol. The van der Waals surface area contributed by atoms with Gasteiger partial charge in [-0.3, -0.25) is 4.79 Å². The van der Waals surface area contributed by atoms with Gasteiger partial charge in [0.15, 0.2) is 0 Å². The van der Waals surface area contributed by atoms with Crippen molar-refractivity contribution in [2.45, 2.75) is 52.1 Å². The SMILES string of the molecule is CC(C)CCC1C(O)CCC1CC(=O)O. The fourth-order valence-electron chi connectivity index (χ4n) is 2.56. The van der Waals surface area contributed by atoms with Gasteiger partial charge in [-0.05, 0) is 37.0 Å². The molecule has 0 spiro atoms. The van der Waals surface area contributed by atoms with Crippen molar-refractivity contribution in [3.05, 3.63) is 0 Å². The van der Waals surface area contributed by atoms with Crippen molar-refractivity contribution in [1.29, 1.82) is 0 Å². The highest BCUT2D eigenvalue weighted by Gasteiger charge is 2.35. The van der Waals surface area contributed by atoms with Crippen molar-refractivity contribution >= 4 is 5.97 Å². The van der Waals surface area contributed by atoms with Gasteiger partial charge in [0.2, 0.25) is 0 Å². The van der Waals surface area contributed by atoms with Crippen molar-refractivity contribution in [3.63, 3.8) is 0 Å². The average Bonchev–Trinajstić information content (AvgIpc) is 2.43. The second-order valence-corrected chi connectivity index (χ2v) is 5.14. The Kier molecular flexibility index (Phi) is 4.58. The van der Waals surface area contributed by atoms with Gasteiger partial charge >= 0.3 is 5.97 Å². The number of rotatable bonds is 5. The second-order valence-electron chi connectivity index (χ2n) is 5.14. The van der Waals surface area contributed by atoms with Crippen LogP contribution in [0, 0.1) is 17.8 Å². The van der Waals surface area contributed by atoms with E-state index < -0.39 is 5.97 Å². The summed E-state index contributed by atoms with van der Waals surface area (Å²) in [6.07, 6.45) is 3.65. The van der Waals surface area contributed by atoms with Gasteiger partial charge in [0.05, 0.1) is 6.10 Å². The number of aliphatic carboxylic acids is 1. The summed E-state index contributed by atoms with van der Waals surface area (Å²) in [6, 6.07) is 0. The Morgan fingerprint density at radius 1 is 1.40 bits per heavy atom. The summed E-state index contributed by atoms with van der Waals surface area (Å²) in [5.74, 6) is 0.298. The largest absolute Gasteiger partial charge is 0.481 e. The molecule has 3 atom stereocenters. The monoisotopic (exact) mass is 214 g/mol. The fraction of sp³-hybridized carbons (Fsp3) is 0.917. The van der Waals surface area contributed by atoms with E-state index in [9.17, 15) is 9.90 Å². The van der Waals surface area contributed by atoms with E-state index in [0.29, 0.717) is 5.92 Å². The second kappa shape index (κ2) is 5.50. The lowest BCUT2D eigenvalue weighted by Crippen LogP contribution is -2.21. The third-order valence-corrected chi connectivity index (χ3v) is 3.45. The van der Waals surface area contributed by atoms with Crippen LogP contribution in [0.25, 0.3) is 0 Å². The van der Waals surface area contributed by atoms with Crippen molar-refractivity contribution in [2.24, 2.45) is 17.8 Å². The van der Waals surface area contributed by atoms with E-state index in [1.54, 1.807) is 0 Å². The molecule has 3 heteroatoms. The van der Waals surface area contributed by atoms with Crippen LogP contribution in [0.2, 0.25) is 0 Å². The highest BCUT2D eigenvalue weighted by molar-refractivity contribution is 5.67. The highest BCUT2D eigenvalue weighted by atomic mass is 16.4. The molecule has 3 nitrogen and oxygen atoms in total. The van der Waals surface area contributed by atoms with Gasteiger partial charge < -0.3 is 10.2 Å². The van der Waals surface area contributed by atoms with Crippen LogP contribution in [0.5, 0.6) is 0 Å². The van der Waals surface area contributed by atoms with Gasteiger partial charge in [0.1, 0.15) is 0 Å². The van der Waals surface area contributed by atoms with Crippen molar-refractivity contribution < 1.29 is 15.0 Å². The molecule has 0 aromatic heterocycles. The normalized spacial score (nSPS) is 31.1. The number of aliphatic hydroxyl groups is 1. The summed E-state index contributed by atoms with van der Waals surface area (Å²) < 4.78 is 0. The van der Waals surface area contributed by atoms with E-state index in [1.165, 1.54) is 0 Å². The lowest BCUT2D eigenvalue weighted by Gasteiger charge is -2.21. The topological polar surface area (TPSA) is 57.5 Å². The number of hydrogen-bond acceptors (Lipinski definition) is 2. The zero-order valence-corrected chi connectivity index (χ0v) is 9.65. The molecular formula is C12H22O3. The van der Waals surface area contributed by atoms with Crippen LogP contribution in [-0.2, 0) is 4.79 Å². The first kappa shape index (κ1) is 12.5. The molecule has 1 fully saturated rings. The van der Waals surface area contributed by atoms with Crippen LogP contribution in [0.15, 0.2) is 0 Å². The fourth-order valence-corrected chi connectivity index (χ4v) is 2.56. The molecule has 88 valence electrons. The highest BCUT2D eigenvalue weighted by Crippen LogP contribution is 2.38. The summed E-state index contributed by atoms with van der Waals surface area (Å²) >= 11 is 0.